The van der Waals surface area contributed by atoms with Gasteiger partial charge in [0.25, 0.3) is 0 Å². The number of fused-ring (bicyclic) bond motifs is 15. The van der Waals surface area contributed by atoms with Crippen molar-refractivity contribution in [2.45, 2.75) is 0 Å². The van der Waals surface area contributed by atoms with Gasteiger partial charge in [-0.1, -0.05) is 158 Å². The van der Waals surface area contributed by atoms with E-state index in [9.17, 15) is 0 Å². The number of hydrogen-bond donors (Lipinski definition) is 0. The molecule has 11 aromatic carbocycles. The van der Waals surface area contributed by atoms with Gasteiger partial charge in [0.05, 0.1) is 22.1 Å². The van der Waals surface area contributed by atoms with Gasteiger partial charge in [0.2, 0.25) is 5.95 Å². The van der Waals surface area contributed by atoms with E-state index in [1.807, 2.05) is 48.5 Å². The second kappa shape index (κ2) is 14.6. The summed E-state index contributed by atoms with van der Waals surface area (Å²) in [6.07, 6.45) is 0. The van der Waals surface area contributed by atoms with Crippen LogP contribution in [0.5, 0.6) is 0 Å². The van der Waals surface area contributed by atoms with Gasteiger partial charge in [-0.25, -0.2) is 4.98 Å². The molecule has 0 spiro atoms. The van der Waals surface area contributed by atoms with Crippen molar-refractivity contribution in [3.63, 3.8) is 0 Å². The van der Waals surface area contributed by atoms with Crippen LogP contribution in [0, 0.1) is 0 Å². The van der Waals surface area contributed by atoms with Gasteiger partial charge in [-0.05, 0) is 110 Å². The molecule has 0 aliphatic rings. The van der Waals surface area contributed by atoms with Crippen LogP contribution >= 0.6 is 0 Å². The van der Waals surface area contributed by atoms with Crippen LogP contribution in [0.15, 0.2) is 229 Å². The SMILES string of the molecule is c1ccc(-c2nc(-c3ccc4oc5ccccc5c4c3)nc(-n3c4ccccc4c4cc5c6ccccc6n(-c6ccc(-c7ccc8c9ccccc9c9ccccc9c8c7)cc6)c5cc43)n2)cc1. The molecule has 320 valence electrons. The summed E-state index contributed by atoms with van der Waals surface area (Å²) < 4.78 is 10.8. The van der Waals surface area contributed by atoms with E-state index in [1.54, 1.807) is 0 Å². The fraction of sp³-hybridized carbons (Fsp3) is 0. The van der Waals surface area contributed by atoms with E-state index in [4.69, 9.17) is 19.4 Å². The number of benzene rings is 11. The zero-order chi connectivity index (χ0) is 45.2. The smallest absolute Gasteiger partial charge is 0.238 e. The van der Waals surface area contributed by atoms with E-state index in [0.717, 1.165) is 71.6 Å². The third-order valence-electron chi connectivity index (χ3n) is 14.2. The standard InChI is InChI=1S/C63H37N5O/c1-2-14-39(15-3-1)61-64-62(41-29-33-60-54(35-41)50-22-10-13-25-59(50)69-60)66-63(65-61)68-56-24-12-9-21-49(56)53-36-52-48-20-8-11-23-55(48)67(57(52)37-58(53)68)42-30-26-38(27-31-42)40-28-32-47-45-18-5-4-16-43(45)44-17-6-7-19-46(44)51(47)34-40/h1-37H. The first-order valence-electron chi connectivity index (χ1n) is 23.3. The first kappa shape index (κ1) is 37.8. The molecule has 69 heavy (non-hydrogen) atoms. The minimum Gasteiger partial charge on any atom is -0.456 e. The quantitative estimate of drug-likeness (QED) is 0.162. The largest absolute Gasteiger partial charge is 0.456 e. The fourth-order valence-corrected chi connectivity index (χ4v) is 11.0. The molecule has 0 saturated carbocycles. The summed E-state index contributed by atoms with van der Waals surface area (Å²) >= 11 is 0. The lowest BCUT2D eigenvalue weighted by molar-refractivity contribution is 0.669. The Morgan fingerprint density at radius 2 is 0.754 bits per heavy atom. The highest BCUT2D eigenvalue weighted by molar-refractivity contribution is 6.26. The fourth-order valence-electron chi connectivity index (χ4n) is 11.0. The van der Waals surface area contributed by atoms with Crippen molar-refractivity contribution >= 4 is 97.9 Å². The van der Waals surface area contributed by atoms with E-state index in [0.29, 0.717) is 17.6 Å². The Hall–Kier alpha value is -9.39. The van der Waals surface area contributed by atoms with Crippen LogP contribution in [-0.2, 0) is 0 Å². The zero-order valence-corrected chi connectivity index (χ0v) is 37.0. The Morgan fingerprint density at radius 1 is 0.261 bits per heavy atom. The van der Waals surface area contributed by atoms with Gasteiger partial charge in [-0.3, -0.25) is 4.57 Å². The average molecular weight is 880 g/mol. The van der Waals surface area contributed by atoms with Gasteiger partial charge in [0, 0.05) is 49.1 Å². The molecule has 0 bridgehead atoms. The summed E-state index contributed by atoms with van der Waals surface area (Å²) in [6, 6.07) is 80.0. The van der Waals surface area contributed by atoms with Crippen molar-refractivity contribution in [1.82, 2.24) is 24.1 Å². The normalized spacial score (nSPS) is 12.1. The van der Waals surface area contributed by atoms with Crippen molar-refractivity contribution in [2.24, 2.45) is 0 Å². The molecule has 6 heteroatoms. The zero-order valence-electron chi connectivity index (χ0n) is 37.0. The van der Waals surface area contributed by atoms with Crippen LogP contribution in [0.25, 0.3) is 143 Å². The molecule has 15 rings (SSSR count). The Balaban J connectivity index is 0.925. The maximum absolute atomic E-state index is 6.22. The molecule has 0 amide bonds. The van der Waals surface area contributed by atoms with Crippen LogP contribution in [0.3, 0.4) is 0 Å². The molecule has 0 N–H and O–H groups in total. The van der Waals surface area contributed by atoms with E-state index in [-0.39, 0.29) is 0 Å². The highest BCUT2D eigenvalue weighted by Crippen LogP contribution is 2.42. The molecule has 0 saturated heterocycles. The Morgan fingerprint density at radius 3 is 1.45 bits per heavy atom. The minimum atomic E-state index is 0.546. The van der Waals surface area contributed by atoms with Crippen molar-refractivity contribution in [3.8, 4) is 45.5 Å². The lowest BCUT2D eigenvalue weighted by atomic mass is 9.92. The monoisotopic (exact) mass is 879 g/mol. The van der Waals surface area contributed by atoms with Crippen molar-refractivity contribution in [3.05, 3.63) is 224 Å². The molecule has 0 atom stereocenters. The van der Waals surface area contributed by atoms with E-state index >= 15 is 0 Å². The number of hydrogen-bond acceptors (Lipinski definition) is 4. The van der Waals surface area contributed by atoms with Crippen molar-refractivity contribution < 1.29 is 4.42 Å². The van der Waals surface area contributed by atoms with Crippen molar-refractivity contribution in [1.29, 1.82) is 0 Å². The number of furan rings is 1. The van der Waals surface area contributed by atoms with Gasteiger partial charge >= 0.3 is 0 Å². The minimum absolute atomic E-state index is 0.546. The summed E-state index contributed by atoms with van der Waals surface area (Å²) in [7, 11) is 0. The van der Waals surface area contributed by atoms with Crippen LogP contribution in [0.1, 0.15) is 0 Å². The van der Waals surface area contributed by atoms with E-state index in [2.05, 4.69) is 185 Å². The van der Waals surface area contributed by atoms with Gasteiger partial charge in [-0.15, -0.1) is 0 Å². The molecule has 0 unspecified atom stereocenters. The number of para-hydroxylation sites is 3. The summed E-state index contributed by atoms with van der Waals surface area (Å²) in [6.45, 7) is 0. The van der Waals surface area contributed by atoms with Crippen LogP contribution in [0.4, 0.5) is 0 Å². The molecule has 4 heterocycles. The predicted molar refractivity (Wildman–Crippen MR) is 285 cm³/mol. The summed E-state index contributed by atoms with van der Waals surface area (Å²) in [5, 5.41) is 14.4. The highest BCUT2D eigenvalue weighted by Gasteiger charge is 2.22. The Labute approximate surface area is 394 Å². The third-order valence-corrected chi connectivity index (χ3v) is 14.2. The first-order valence-corrected chi connectivity index (χ1v) is 23.3. The number of nitrogens with zero attached hydrogens (tertiary/aromatic N) is 5. The number of aromatic nitrogens is 5. The molecule has 0 aliphatic heterocycles. The molecule has 4 aromatic heterocycles. The molecular weight excluding hydrogens is 843 g/mol. The van der Waals surface area contributed by atoms with Crippen LogP contribution in [0.2, 0.25) is 0 Å². The molecule has 0 aliphatic carbocycles. The molecule has 6 nitrogen and oxygen atoms in total. The predicted octanol–water partition coefficient (Wildman–Crippen LogP) is 16.4. The average Bonchev–Trinajstić information content (AvgIpc) is 4.07. The Bertz CT molecular complexity index is 4560. The highest BCUT2D eigenvalue weighted by atomic mass is 16.3. The van der Waals surface area contributed by atoms with Crippen LogP contribution in [-0.4, -0.2) is 24.1 Å². The van der Waals surface area contributed by atoms with E-state index < -0.39 is 0 Å². The summed E-state index contributed by atoms with van der Waals surface area (Å²) in [4.78, 5) is 15.8. The Kier molecular flexibility index (Phi) is 7.97. The lowest BCUT2D eigenvalue weighted by Crippen LogP contribution is -2.06. The van der Waals surface area contributed by atoms with Gasteiger partial charge in [-0.2, -0.15) is 9.97 Å². The molecule has 15 aromatic rings. The topological polar surface area (TPSA) is 61.7 Å². The van der Waals surface area contributed by atoms with Crippen molar-refractivity contribution in [2.75, 3.05) is 0 Å². The molecule has 0 fully saturated rings. The summed E-state index contributed by atoms with van der Waals surface area (Å²) in [5.74, 6) is 1.73. The second-order valence-electron chi connectivity index (χ2n) is 17.9. The molecule has 0 radical (unpaired) electrons. The van der Waals surface area contributed by atoms with E-state index in [1.165, 1.54) is 54.2 Å². The second-order valence-corrected chi connectivity index (χ2v) is 17.9. The van der Waals surface area contributed by atoms with Gasteiger partial charge < -0.3 is 8.98 Å². The maximum atomic E-state index is 6.22. The van der Waals surface area contributed by atoms with Gasteiger partial charge in [0.15, 0.2) is 11.6 Å². The summed E-state index contributed by atoms with van der Waals surface area (Å²) in [5.41, 5.74) is 11.2. The molecular formula is C63H37N5O. The number of rotatable bonds is 5. The third kappa shape index (κ3) is 5.69. The van der Waals surface area contributed by atoms with Gasteiger partial charge in [0.1, 0.15) is 11.2 Å². The maximum Gasteiger partial charge on any atom is 0.238 e. The first-order chi connectivity index (χ1) is 34.2. The lowest BCUT2D eigenvalue weighted by Gasteiger charge is -2.13. The van der Waals surface area contributed by atoms with Crippen LogP contribution < -0.4 is 0 Å².